The van der Waals surface area contributed by atoms with E-state index in [0.29, 0.717) is 6.54 Å². The lowest BCUT2D eigenvalue weighted by molar-refractivity contribution is -0.957. The first-order chi connectivity index (χ1) is 10.9. The van der Waals surface area contributed by atoms with E-state index in [0.717, 1.165) is 10.5 Å². The third kappa shape index (κ3) is 2.70. The van der Waals surface area contributed by atoms with Crippen LogP contribution in [0.3, 0.4) is 0 Å². The first-order valence-electron chi connectivity index (χ1n) is 7.53. The second-order valence-electron chi connectivity index (χ2n) is 6.80. The fraction of sp³-hybridized carbons (Fsp3) is 0.533. The number of nitro groups is 2. The lowest BCUT2D eigenvalue weighted by Crippen LogP contribution is -3.17. The molecule has 8 nitrogen and oxygen atoms in total. The van der Waals surface area contributed by atoms with Gasteiger partial charge in [0.15, 0.2) is 0 Å². The molecule has 1 saturated heterocycles. The number of quaternary nitrogens is 1. The summed E-state index contributed by atoms with van der Waals surface area (Å²) >= 11 is 0. The molecule has 2 fully saturated rings. The third-order valence-electron chi connectivity index (χ3n) is 4.94. The molecule has 2 atom stereocenters. The zero-order valence-corrected chi connectivity index (χ0v) is 12.6. The molecule has 0 spiro atoms. The van der Waals surface area contributed by atoms with E-state index in [2.05, 4.69) is 0 Å². The number of carbonyl (C=O) groups excluding carboxylic acids is 1. The van der Waals surface area contributed by atoms with Crippen LogP contribution in [0.5, 0.6) is 0 Å². The summed E-state index contributed by atoms with van der Waals surface area (Å²) in [6, 6.07) is 9.42. The number of nitrogens with zero attached hydrogens (tertiary/aromatic N) is 2. The van der Waals surface area contributed by atoms with Gasteiger partial charge in [0, 0.05) is 15.4 Å². The molecule has 3 rings (SSSR count). The predicted molar refractivity (Wildman–Crippen MR) is 79.2 cm³/mol. The largest absolute Gasteiger partial charge is 0.319 e. The summed E-state index contributed by atoms with van der Waals surface area (Å²) in [4.78, 5) is 35.0. The predicted octanol–water partition coefficient (Wildman–Crippen LogP) is -0.131. The molecule has 1 aliphatic heterocycles. The van der Waals surface area contributed by atoms with Crippen molar-refractivity contribution in [2.24, 2.45) is 0 Å². The molecule has 0 radical (unpaired) electrons. The summed E-state index contributed by atoms with van der Waals surface area (Å²) in [6.45, 7) is 0.784. The van der Waals surface area contributed by atoms with Gasteiger partial charge in [0.05, 0.1) is 12.8 Å². The maximum atomic E-state index is 11.9. The van der Waals surface area contributed by atoms with Gasteiger partial charge in [0.2, 0.25) is 0 Å². The number of hydrogen-bond donors (Lipinski definition) is 1. The van der Waals surface area contributed by atoms with Crippen molar-refractivity contribution in [3.8, 4) is 0 Å². The van der Waals surface area contributed by atoms with E-state index in [4.69, 9.17) is 0 Å². The van der Waals surface area contributed by atoms with Gasteiger partial charge >= 0.3 is 0 Å². The number of ketones is 1. The minimum absolute atomic E-state index is 0.149. The standard InChI is InChI=1S/C15H17N3O5/c19-13-6-14(17(20)21)9-15(7-13,18(22)23)11-16(10-14)8-12-4-2-1-3-5-12/h1-5H,6-11H2/p+1. The number of benzene rings is 1. The first kappa shape index (κ1) is 15.5. The summed E-state index contributed by atoms with van der Waals surface area (Å²) in [5, 5.41) is 23.2. The van der Waals surface area contributed by atoms with Gasteiger partial charge in [-0.1, -0.05) is 30.3 Å². The molecule has 2 bridgehead atoms. The van der Waals surface area contributed by atoms with Crippen molar-refractivity contribution < 1.29 is 19.5 Å². The number of fused-ring (bicyclic) bond motifs is 2. The molecule has 0 aromatic heterocycles. The number of piperidine rings is 1. The highest BCUT2D eigenvalue weighted by atomic mass is 16.6. The van der Waals surface area contributed by atoms with Crippen LogP contribution in [0, 0.1) is 20.2 Å². The number of likely N-dealkylation sites (tertiary alicyclic amines) is 1. The number of Topliss-reactive ketones (excluding diaryl/α,β-unsaturated/α-hetero) is 1. The Balaban J connectivity index is 1.94. The molecule has 2 aliphatic rings. The molecular weight excluding hydrogens is 302 g/mol. The Morgan fingerprint density at radius 1 is 1.00 bits per heavy atom. The highest BCUT2D eigenvalue weighted by Gasteiger charge is 2.69. The summed E-state index contributed by atoms with van der Waals surface area (Å²) in [7, 11) is 0. The molecule has 1 aromatic carbocycles. The quantitative estimate of drug-likeness (QED) is 0.614. The summed E-state index contributed by atoms with van der Waals surface area (Å²) in [6.07, 6.45) is -0.550. The Morgan fingerprint density at radius 3 is 2.00 bits per heavy atom. The van der Waals surface area contributed by atoms with Crippen LogP contribution in [-0.4, -0.2) is 39.8 Å². The van der Waals surface area contributed by atoms with Crippen LogP contribution in [-0.2, 0) is 11.3 Å². The monoisotopic (exact) mass is 320 g/mol. The molecule has 1 aliphatic carbocycles. The van der Waals surface area contributed by atoms with Crippen molar-refractivity contribution >= 4 is 5.78 Å². The molecule has 23 heavy (non-hydrogen) atoms. The molecular formula is C15H18N3O5+. The number of carbonyl (C=O) groups is 1. The molecule has 0 amide bonds. The van der Waals surface area contributed by atoms with Crippen molar-refractivity contribution in [2.75, 3.05) is 13.1 Å². The van der Waals surface area contributed by atoms with Crippen LogP contribution in [0.1, 0.15) is 24.8 Å². The van der Waals surface area contributed by atoms with E-state index in [9.17, 15) is 25.0 Å². The third-order valence-corrected chi connectivity index (χ3v) is 4.94. The Morgan fingerprint density at radius 2 is 1.52 bits per heavy atom. The summed E-state index contributed by atoms with van der Waals surface area (Å²) < 4.78 is 0. The molecule has 2 unspecified atom stereocenters. The van der Waals surface area contributed by atoms with E-state index in [-0.39, 0.29) is 38.1 Å². The Bertz CT molecular complexity index is 630. The van der Waals surface area contributed by atoms with Crippen molar-refractivity contribution in [3.63, 3.8) is 0 Å². The van der Waals surface area contributed by atoms with E-state index >= 15 is 0 Å². The topological polar surface area (TPSA) is 108 Å². The Kier molecular flexibility index (Phi) is 3.63. The van der Waals surface area contributed by atoms with Crippen molar-refractivity contribution in [1.82, 2.24) is 0 Å². The van der Waals surface area contributed by atoms with E-state index in [1.54, 1.807) is 0 Å². The van der Waals surface area contributed by atoms with Crippen molar-refractivity contribution in [3.05, 3.63) is 56.1 Å². The van der Waals surface area contributed by atoms with Crippen LogP contribution in [0.15, 0.2) is 30.3 Å². The Hall–Kier alpha value is -2.35. The molecule has 1 N–H and O–H groups in total. The van der Waals surface area contributed by atoms with Crippen molar-refractivity contribution in [1.29, 1.82) is 0 Å². The van der Waals surface area contributed by atoms with E-state index < -0.39 is 20.9 Å². The normalized spacial score (nSPS) is 33.2. The number of rotatable bonds is 4. The summed E-state index contributed by atoms with van der Waals surface area (Å²) in [5.41, 5.74) is -2.04. The van der Waals surface area contributed by atoms with Gasteiger partial charge < -0.3 is 4.90 Å². The van der Waals surface area contributed by atoms with E-state index in [1.807, 2.05) is 30.3 Å². The molecule has 8 heteroatoms. The number of hydrogen-bond acceptors (Lipinski definition) is 5. The van der Waals surface area contributed by atoms with Gasteiger partial charge in [0.1, 0.15) is 31.8 Å². The first-order valence-corrected chi connectivity index (χ1v) is 7.53. The van der Waals surface area contributed by atoms with Crippen LogP contribution >= 0.6 is 0 Å². The van der Waals surface area contributed by atoms with E-state index in [1.165, 1.54) is 0 Å². The minimum Gasteiger partial charge on any atom is -0.319 e. The second kappa shape index (κ2) is 5.38. The SMILES string of the molecule is O=C1CC2([N+](=O)[O-])C[NH+](Cc3ccccc3)CC([N+](=O)[O-])(C1)C2. The van der Waals surface area contributed by atoms with Gasteiger partial charge in [-0.3, -0.25) is 25.0 Å². The molecule has 122 valence electrons. The van der Waals surface area contributed by atoms with Crippen LogP contribution in [0.25, 0.3) is 0 Å². The smallest absolute Gasteiger partial charge is 0.283 e. The van der Waals surface area contributed by atoms with Gasteiger partial charge in [-0.25, -0.2) is 0 Å². The average molecular weight is 320 g/mol. The van der Waals surface area contributed by atoms with Gasteiger partial charge in [-0.15, -0.1) is 0 Å². The minimum atomic E-state index is -1.51. The van der Waals surface area contributed by atoms with Gasteiger partial charge in [0.25, 0.3) is 11.1 Å². The zero-order valence-electron chi connectivity index (χ0n) is 12.6. The van der Waals surface area contributed by atoms with Crippen LogP contribution in [0.4, 0.5) is 0 Å². The maximum Gasteiger partial charge on any atom is 0.283 e. The highest BCUT2D eigenvalue weighted by Crippen LogP contribution is 2.38. The average Bonchev–Trinajstić information content (AvgIpc) is 2.46. The maximum absolute atomic E-state index is 11.9. The Labute approximate surface area is 132 Å². The van der Waals surface area contributed by atoms with Crippen molar-refractivity contribution in [2.45, 2.75) is 36.9 Å². The highest BCUT2D eigenvalue weighted by molar-refractivity contribution is 5.81. The lowest BCUT2D eigenvalue weighted by Gasteiger charge is -2.43. The fourth-order valence-corrected chi connectivity index (χ4v) is 4.17. The van der Waals surface area contributed by atoms with Crippen LogP contribution in [0.2, 0.25) is 0 Å². The number of nitrogens with one attached hydrogen (secondary N) is 1. The zero-order chi connectivity index (χ0) is 16.7. The van der Waals surface area contributed by atoms with Gasteiger partial charge in [-0.05, 0) is 0 Å². The second-order valence-corrected chi connectivity index (χ2v) is 6.80. The molecule has 1 aromatic rings. The van der Waals surface area contributed by atoms with Gasteiger partial charge in [-0.2, -0.15) is 0 Å². The molecule has 1 saturated carbocycles. The summed E-state index contributed by atoms with van der Waals surface area (Å²) in [5.74, 6) is -0.372. The van der Waals surface area contributed by atoms with Crippen LogP contribution < -0.4 is 4.90 Å². The lowest BCUT2D eigenvalue weighted by atomic mass is 9.67. The fourth-order valence-electron chi connectivity index (χ4n) is 4.17. The molecule has 1 heterocycles.